The van der Waals surface area contributed by atoms with Crippen LogP contribution in [0.25, 0.3) is 0 Å². The van der Waals surface area contributed by atoms with Crippen molar-refractivity contribution in [3.8, 4) is 0 Å². The van der Waals surface area contributed by atoms with Crippen LogP contribution in [-0.4, -0.2) is 33.6 Å². The number of carboxylic acid groups (broad SMARTS) is 1. The molecule has 0 aliphatic carbocycles. The van der Waals surface area contributed by atoms with Crippen molar-refractivity contribution >= 4 is 11.9 Å². The number of imidazole rings is 1. The van der Waals surface area contributed by atoms with Gasteiger partial charge in [-0.15, -0.1) is 0 Å². The second-order valence-corrected chi connectivity index (χ2v) is 3.06. The summed E-state index contributed by atoms with van der Waals surface area (Å²) in [5.74, 6) is -0.472. The molecule has 0 bridgehead atoms. The second kappa shape index (κ2) is 4.61. The van der Waals surface area contributed by atoms with Crippen LogP contribution in [0.1, 0.15) is 12.6 Å². The molecule has 1 atom stereocenters. The maximum Gasteiger partial charge on any atom is 0.320 e. The quantitative estimate of drug-likeness (QED) is 0.515. The highest BCUT2D eigenvalue weighted by Gasteiger charge is 2.08. The van der Waals surface area contributed by atoms with Gasteiger partial charge in [0.05, 0.1) is 6.20 Å². The molecule has 0 fully saturated rings. The number of anilines is 1. The molecule has 0 aliphatic rings. The van der Waals surface area contributed by atoms with E-state index in [9.17, 15) is 4.79 Å². The van der Waals surface area contributed by atoms with E-state index in [4.69, 9.17) is 10.8 Å². The summed E-state index contributed by atoms with van der Waals surface area (Å²) in [6, 6.07) is -0.532. The van der Waals surface area contributed by atoms with Gasteiger partial charge < -0.3 is 21.1 Å². The van der Waals surface area contributed by atoms with E-state index >= 15 is 0 Å². The normalized spacial score (nSPS) is 12.6. The lowest BCUT2D eigenvalue weighted by Crippen LogP contribution is -2.35. The van der Waals surface area contributed by atoms with Gasteiger partial charge in [-0.25, -0.2) is 4.98 Å². The summed E-state index contributed by atoms with van der Waals surface area (Å²) in [6.45, 7) is 2.18. The summed E-state index contributed by atoms with van der Waals surface area (Å²) in [5, 5.41) is 11.4. The molecule has 78 valence electrons. The average Bonchev–Trinajstić information content (AvgIpc) is 2.51. The van der Waals surface area contributed by atoms with Crippen molar-refractivity contribution < 1.29 is 9.90 Å². The van der Waals surface area contributed by atoms with Crippen molar-refractivity contribution in [2.24, 2.45) is 0 Å². The van der Waals surface area contributed by atoms with E-state index in [0.29, 0.717) is 18.9 Å². The highest BCUT2D eigenvalue weighted by Crippen LogP contribution is 1.97. The second-order valence-electron chi connectivity index (χ2n) is 3.06. The lowest BCUT2D eigenvalue weighted by Gasteiger charge is -2.07. The number of nitrogens with one attached hydrogen (secondary N) is 2. The van der Waals surface area contributed by atoms with Crippen LogP contribution in [0.3, 0.4) is 0 Å². The van der Waals surface area contributed by atoms with Crippen molar-refractivity contribution in [1.82, 2.24) is 15.3 Å². The van der Waals surface area contributed by atoms with Crippen LogP contribution in [0.4, 0.5) is 5.95 Å². The van der Waals surface area contributed by atoms with Gasteiger partial charge in [0, 0.05) is 18.7 Å². The Morgan fingerprint density at radius 1 is 1.86 bits per heavy atom. The minimum Gasteiger partial charge on any atom is -0.480 e. The van der Waals surface area contributed by atoms with Crippen LogP contribution >= 0.6 is 0 Å². The fourth-order valence-electron chi connectivity index (χ4n) is 1.01. The van der Waals surface area contributed by atoms with Crippen molar-refractivity contribution in [3.05, 3.63) is 11.9 Å². The molecule has 1 aromatic heterocycles. The minimum atomic E-state index is -0.853. The van der Waals surface area contributed by atoms with Gasteiger partial charge in [-0.2, -0.15) is 0 Å². The molecule has 1 heterocycles. The predicted molar refractivity (Wildman–Crippen MR) is 51.8 cm³/mol. The molecule has 6 nitrogen and oxygen atoms in total. The Bertz CT molecular complexity index is 310. The molecular formula is C8H14N4O2. The number of aliphatic carboxylic acids is 1. The zero-order valence-corrected chi connectivity index (χ0v) is 7.95. The number of hydrogen-bond acceptors (Lipinski definition) is 4. The van der Waals surface area contributed by atoms with E-state index in [1.807, 2.05) is 0 Å². The molecule has 0 saturated carbocycles. The molecule has 0 aliphatic heterocycles. The number of carbonyl (C=O) groups is 1. The van der Waals surface area contributed by atoms with Crippen molar-refractivity contribution in [2.45, 2.75) is 19.4 Å². The number of H-pyrrole nitrogens is 1. The third kappa shape index (κ3) is 3.06. The molecule has 0 saturated heterocycles. The molecule has 6 heteroatoms. The maximum absolute atomic E-state index is 10.4. The van der Waals surface area contributed by atoms with E-state index in [-0.39, 0.29) is 0 Å². The van der Waals surface area contributed by atoms with Gasteiger partial charge in [0.25, 0.3) is 0 Å². The van der Waals surface area contributed by atoms with E-state index in [0.717, 1.165) is 5.69 Å². The summed E-state index contributed by atoms with van der Waals surface area (Å²) >= 11 is 0. The summed E-state index contributed by atoms with van der Waals surface area (Å²) in [5.41, 5.74) is 6.27. The standard InChI is InChI=1S/C8H14N4O2/c1-5(7(13)14)10-3-2-6-4-11-8(9)12-6/h4-5,10H,2-3H2,1H3,(H,13,14)(H3,9,11,12)/t5-/m0/s1. The lowest BCUT2D eigenvalue weighted by molar-refractivity contribution is -0.138. The molecule has 0 radical (unpaired) electrons. The maximum atomic E-state index is 10.4. The molecular weight excluding hydrogens is 184 g/mol. The minimum absolute atomic E-state index is 0.381. The average molecular weight is 198 g/mol. The number of hydrogen-bond donors (Lipinski definition) is 4. The Balaban J connectivity index is 2.25. The molecule has 0 spiro atoms. The SMILES string of the molecule is C[C@H](NCCc1cnc(N)[nH]1)C(=O)O. The summed E-state index contributed by atoms with van der Waals surface area (Å²) < 4.78 is 0. The van der Waals surface area contributed by atoms with Gasteiger partial charge in [0.1, 0.15) is 6.04 Å². The van der Waals surface area contributed by atoms with Gasteiger partial charge >= 0.3 is 5.97 Å². The van der Waals surface area contributed by atoms with Crippen molar-refractivity contribution in [1.29, 1.82) is 0 Å². The van der Waals surface area contributed by atoms with Gasteiger partial charge in [-0.1, -0.05) is 0 Å². The monoisotopic (exact) mass is 198 g/mol. The zero-order chi connectivity index (χ0) is 10.6. The van der Waals surface area contributed by atoms with E-state index in [1.165, 1.54) is 0 Å². The van der Waals surface area contributed by atoms with Crippen molar-refractivity contribution in [2.75, 3.05) is 12.3 Å². The first-order chi connectivity index (χ1) is 6.59. The smallest absolute Gasteiger partial charge is 0.320 e. The number of aromatic nitrogens is 2. The fraction of sp³-hybridized carbons (Fsp3) is 0.500. The lowest BCUT2D eigenvalue weighted by atomic mass is 10.3. The Hall–Kier alpha value is -1.56. The van der Waals surface area contributed by atoms with Crippen LogP contribution < -0.4 is 11.1 Å². The number of nitrogens with zero attached hydrogens (tertiary/aromatic N) is 1. The molecule has 0 unspecified atom stereocenters. The topological polar surface area (TPSA) is 104 Å². The van der Waals surface area contributed by atoms with E-state index in [1.54, 1.807) is 13.1 Å². The Kier molecular flexibility index (Phi) is 3.47. The van der Waals surface area contributed by atoms with Crippen LogP contribution in [0, 0.1) is 0 Å². The van der Waals surface area contributed by atoms with Crippen LogP contribution in [0.15, 0.2) is 6.20 Å². The first-order valence-corrected chi connectivity index (χ1v) is 4.35. The van der Waals surface area contributed by atoms with Gasteiger partial charge in [0.15, 0.2) is 5.95 Å². The van der Waals surface area contributed by atoms with Crippen LogP contribution in [0.5, 0.6) is 0 Å². The number of aromatic amines is 1. The van der Waals surface area contributed by atoms with Crippen LogP contribution in [0.2, 0.25) is 0 Å². The number of carboxylic acids is 1. The van der Waals surface area contributed by atoms with E-state index < -0.39 is 12.0 Å². The van der Waals surface area contributed by atoms with Gasteiger partial charge in [-0.3, -0.25) is 4.79 Å². The highest BCUT2D eigenvalue weighted by molar-refractivity contribution is 5.72. The summed E-state index contributed by atoms with van der Waals surface area (Å²) in [7, 11) is 0. The summed E-state index contributed by atoms with van der Waals surface area (Å²) in [6.07, 6.45) is 2.32. The largest absolute Gasteiger partial charge is 0.480 e. The highest BCUT2D eigenvalue weighted by atomic mass is 16.4. The third-order valence-electron chi connectivity index (χ3n) is 1.86. The Labute approximate surface area is 81.5 Å². The zero-order valence-electron chi connectivity index (χ0n) is 7.95. The molecule has 1 rings (SSSR count). The Morgan fingerprint density at radius 3 is 3.07 bits per heavy atom. The van der Waals surface area contributed by atoms with Gasteiger partial charge in [-0.05, 0) is 6.92 Å². The molecule has 0 amide bonds. The third-order valence-corrected chi connectivity index (χ3v) is 1.86. The number of nitrogen functional groups attached to an aromatic ring is 1. The molecule has 0 aromatic carbocycles. The molecule has 1 aromatic rings. The fourth-order valence-corrected chi connectivity index (χ4v) is 1.01. The van der Waals surface area contributed by atoms with E-state index in [2.05, 4.69) is 15.3 Å². The number of nitrogens with two attached hydrogens (primary N) is 1. The Morgan fingerprint density at radius 2 is 2.57 bits per heavy atom. The van der Waals surface area contributed by atoms with Crippen molar-refractivity contribution in [3.63, 3.8) is 0 Å². The molecule has 14 heavy (non-hydrogen) atoms. The van der Waals surface area contributed by atoms with Gasteiger partial charge in [0.2, 0.25) is 0 Å². The predicted octanol–water partition coefficient (Wildman–Crippen LogP) is -0.403. The molecule has 5 N–H and O–H groups in total. The van der Waals surface area contributed by atoms with Crippen LogP contribution in [-0.2, 0) is 11.2 Å². The first-order valence-electron chi connectivity index (χ1n) is 4.35. The number of rotatable bonds is 5. The first kappa shape index (κ1) is 10.5. The summed E-state index contributed by atoms with van der Waals surface area (Å²) in [4.78, 5) is 17.1.